The fourth-order valence-corrected chi connectivity index (χ4v) is 2.82. The average molecular weight is 302 g/mol. The van der Waals surface area contributed by atoms with E-state index in [4.69, 9.17) is 16.3 Å². The highest BCUT2D eigenvalue weighted by Crippen LogP contribution is 2.26. The summed E-state index contributed by atoms with van der Waals surface area (Å²) in [5.41, 5.74) is 3.98. The minimum absolute atomic E-state index is 0.333. The van der Waals surface area contributed by atoms with Crippen molar-refractivity contribution < 1.29 is 4.74 Å². The lowest BCUT2D eigenvalue weighted by Crippen LogP contribution is -2.21. The number of nitrogens with one attached hydrogen (secondary N) is 1. The second-order valence-corrected chi connectivity index (χ2v) is 5.95. The molecule has 21 heavy (non-hydrogen) atoms. The molecule has 1 heterocycles. The Morgan fingerprint density at radius 1 is 1.19 bits per heavy atom. The molecule has 2 nitrogen and oxygen atoms in total. The van der Waals surface area contributed by atoms with Crippen LogP contribution in [0.2, 0.25) is 5.02 Å². The zero-order valence-corrected chi connectivity index (χ0v) is 13.0. The highest BCUT2D eigenvalue weighted by atomic mass is 35.5. The van der Waals surface area contributed by atoms with E-state index in [2.05, 4.69) is 42.6 Å². The van der Waals surface area contributed by atoms with Crippen molar-refractivity contribution in [3.63, 3.8) is 0 Å². The van der Waals surface area contributed by atoms with Crippen molar-refractivity contribution in [2.45, 2.75) is 25.8 Å². The molecule has 0 fully saturated rings. The normalized spacial score (nSPS) is 14.6. The molecule has 0 aromatic heterocycles. The van der Waals surface area contributed by atoms with Gasteiger partial charge >= 0.3 is 0 Å². The van der Waals surface area contributed by atoms with E-state index in [1.807, 2.05) is 12.1 Å². The Hall–Kier alpha value is -1.51. The number of hydrogen-bond acceptors (Lipinski definition) is 2. The number of hydrogen-bond donors (Lipinski definition) is 1. The molecule has 110 valence electrons. The molecule has 0 unspecified atom stereocenters. The third kappa shape index (κ3) is 3.58. The number of ether oxygens (including phenoxy) is 1. The van der Waals surface area contributed by atoms with Crippen LogP contribution in [-0.4, -0.2) is 13.2 Å². The number of benzene rings is 2. The zero-order chi connectivity index (χ0) is 14.7. The predicted molar refractivity (Wildman–Crippen MR) is 87.2 cm³/mol. The summed E-state index contributed by atoms with van der Waals surface area (Å²) in [6.45, 7) is 3.97. The van der Waals surface area contributed by atoms with Crippen LogP contribution in [0.25, 0.3) is 0 Å². The summed E-state index contributed by atoms with van der Waals surface area (Å²) in [5.74, 6) is 1.06. The van der Waals surface area contributed by atoms with E-state index in [0.717, 1.165) is 36.8 Å². The van der Waals surface area contributed by atoms with Gasteiger partial charge in [0.05, 0.1) is 6.61 Å². The molecule has 0 saturated carbocycles. The maximum absolute atomic E-state index is 5.92. The van der Waals surface area contributed by atoms with Gasteiger partial charge in [0.1, 0.15) is 5.75 Å². The molecule has 0 bridgehead atoms. The maximum atomic E-state index is 5.92. The van der Waals surface area contributed by atoms with Crippen LogP contribution >= 0.6 is 11.6 Å². The van der Waals surface area contributed by atoms with E-state index >= 15 is 0 Å². The first-order valence-electron chi connectivity index (χ1n) is 7.46. The molecular formula is C18H20ClNO. The molecule has 0 saturated heterocycles. The molecule has 1 aliphatic rings. The molecule has 0 spiro atoms. The molecule has 3 rings (SSSR count). The Balaban J connectivity index is 1.52. The summed E-state index contributed by atoms with van der Waals surface area (Å²) in [4.78, 5) is 0. The SMILES string of the molecule is C[C@H](NCCc1ccc2c(c1)CCO2)c1ccc(Cl)cc1. The first kappa shape index (κ1) is 14.4. The first-order valence-corrected chi connectivity index (χ1v) is 7.83. The smallest absolute Gasteiger partial charge is 0.122 e. The van der Waals surface area contributed by atoms with Gasteiger partial charge < -0.3 is 10.1 Å². The monoisotopic (exact) mass is 301 g/mol. The summed E-state index contributed by atoms with van der Waals surface area (Å²) in [7, 11) is 0. The van der Waals surface area contributed by atoms with Crippen molar-refractivity contribution in [1.29, 1.82) is 0 Å². The van der Waals surface area contributed by atoms with Gasteiger partial charge in [0.25, 0.3) is 0 Å². The third-order valence-electron chi connectivity index (χ3n) is 3.99. The minimum atomic E-state index is 0.333. The Morgan fingerprint density at radius 2 is 2.00 bits per heavy atom. The minimum Gasteiger partial charge on any atom is -0.493 e. The Kier molecular flexibility index (Phi) is 4.47. The van der Waals surface area contributed by atoms with Crippen LogP contribution < -0.4 is 10.1 Å². The van der Waals surface area contributed by atoms with Gasteiger partial charge in [-0.2, -0.15) is 0 Å². The van der Waals surface area contributed by atoms with Crippen molar-refractivity contribution in [2.75, 3.05) is 13.2 Å². The molecular weight excluding hydrogens is 282 g/mol. The van der Waals surface area contributed by atoms with E-state index in [-0.39, 0.29) is 0 Å². The van der Waals surface area contributed by atoms with Crippen molar-refractivity contribution in [3.05, 3.63) is 64.2 Å². The first-order chi connectivity index (χ1) is 10.2. The van der Waals surface area contributed by atoms with Crippen LogP contribution in [0.5, 0.6) is 5.75 Å². The van der Waals surface area contributed by atoms with E-state index in [1.165, 1.54) is 16.7 Å². The third-order valence-corrected chi connectivity index (χ3v) is 4.24. The second-order valence-electron chi connectivity index (χ2n) is 5.52. The van der Waals surface area contributed by atoms with Gasteiger partial charge in [0, 0.05) is 17.5 Å². The van der Waals surface area contributed by atoms with E-state index in [1.54, 1.807) is 0 Å². The summed E-state index contributed by atoms with van der Waals surface area (Å²) in [6, 6.07) is 14.9. The van der Waals surface area contributed by atoms with E-state index in [0.29, 0.717) is 6.04 Å². The van der Waals surface area contributed by atoms with E-state index < -0.39 is 0 Å². The van der Waals surface area contributed by atoms with Gasteiger partial charge in [-0.05, 0) is 54.8 Å². The van der Waals surface area contributed by atoms with Crippen molar-refractivity contribution >= 4 is 11.6 Å². The van der Waals surface area contributed by atoms with Gasteiger partial charge in [-0.3, -0.25) is 0 Å². The largest absolute Gasteiger partial charge is 0.493 e. The summed E-state index contributed by atoms with van der Waals surface area (Å²) in [5, 5.41) is 4.34. The number of fused-ring (bicyclic) bond motifs is 1. The van der Waals surface area contributed by atoms with Crippen molar-refractivity contribution in [2.24, 2.45) is 0 Å². The van der Waals surface area contributed by atoms with Crippen molar-refractivity contribution in [1.82, 2.24) is 5.32 Å². The van der Waals surface area contributed by atoms with Crippen LogP contribution in [-0.2, 0) is 12.8 Å². The number of rotatable bonds is 5. The number of halogens is 1. The van der Waals surface area contributed by atoms with Crippen LogP contribution in [0.1, 0.15) is 29.7 Å². The lowest BCUT2D eigenvalue weighted by Gasteiger charge is -2.14. The highest BCUT2D eigenvalue weighted by molar-refractivity contribution is 6.30. The van der Waals surface area contributed by atoms with Gasteiger partial charge in [-0.15, -0.1) is 0 Å². The summed E-state index contributed by atoms with van der Waals surface area (Å²) < 4.78 is 5.54. The standard InChI is InChI=1S/C18H20ClNO/c1-13(15-3-5-17(19)6-4-15)20-10-8-14-2-7-18-16(12-14)9-11-21-18/h2-7,12-13,20H,8-11H2,1H3/t13-/m0/s1. The lowest BCUT2D eigenvalue weighted by molar-refractivity contribution is 0.357. The maximum Gasteiger partial charge on any atom is 0.122 e. The second kappa shape index (κ2) is 6.50. The predicted octanol–water partition coefficient (Wildman–Crippen LogP) is 4.17. The molecule has 0 radical (unpaired) electrons. The van der Waals surface area contributed by atoms with E-state index in [9.17, 15) is 0 Å². The molecule has 3 heteroatoms. The average Bonchev–Trinajstić information content (AvgIpc) is 2.95. The molecule has 1 atom stereocenters. The fraction of sp³-hybridized carbons (Fsp3) is 0.333. The van der Waals surface area contributed by atoms with Gasteiger partial charge in [-0.25, -0.2) is 0 Å². The fourth-order valence-electron chi connectivity index (χ4n) is 2.70. The summed E-state index contributed by atoms with van der Waals surface area (Å²) in [6.07, 6.45) is 2.07. The molecule has 1 aliphatic heterocycles. The Bertz CT molecular complexity index is 609. The summed E-state index contributed by atoms with van der Waals surface area (Å²) >= 11 is 5.92. The Morgan fingerprint density at radius 3 is 2.81 bits per heavy atom. The molecule has 0 aliphatic carbocycles. The molecule has 2 aromatic rings. The van der Waals surface area contributed by atoms with Crippen LogP contribution in [0.15, 0.2) is 42.5 Å². The van der Waals surface area contributed by atoms with Crippen LogP contribution in [0.4, 0.5) is 0 Å². The van der Waals surface area contributed by atoms with Gasteiger partial charge in [-0.1, -0.05) is 35.9 Å². The highest BCUT2D eigenvalue weighted by Gasteiger charge is 2.12. The molecule has 1 N–H and O–H groups in total. The van der Waals surface area contributed by atoms with Gasteiger partial charge in [0.15, 0.2) is 0 Å². The molecule has 2 aromatic carbocycles. The Labute approximate surface area is 131 Å². The molecule has 0 amide bonds. The van der Waals surface area contributed by atoms with Crippen LogP contribution in [0.3, 0.4) is 0 Å². The lowest BCUT2D eigenvalue weighted by atomic mass is 10.1. The topological polar surface area (TPSA) is 21.3 Å². The van der Waals surface area contributed by atoms with Crippen molar-refractivity contribution in [3.8, 4) is 5.75 Å². The van der Waals surface area contributed by atoms with Gasteiger partial charge in [0.2, 0.25) is 0 Å². The van der Waals surface area contributed by atoms with Crippen LogP contribution in [0, 0.1) is 0 Å². The zero-order valence-electron chi connectivity index (χ0n) is 12.2. The quantitative estimate of drug-likeness (QED) is 0.895.